The monoisotopic (exact) mass is 500 g/mol. The van der Waals surface area contributed by atoms with E-state index in [4.69, 9.17) is 4.74 Å². The van der Waals surface area contributed by atoms with Gasteiger partial charge in [0.15, 0.2) is 11.0 Å². The van der Waals surface area contributed by atoms with Crippen molar-refractivity contribution in [2.24, 2.45) is 5.10 Å². The predicted molar refractivity (Wildman–Crippen MR) is 135 cm³/mol. The third-order valence-electron chi connectivity index (χ3n) is 5.18. The summed E-state index contributed by atoms with van der Waals surface area (Å²) in [6, 6.07) is 21.6. The fourth-order valence-electron chi connectivity index (χ4n) is 3.35. The molecule has 1 amide bonds. The van der Waals surface area contributed by atoms with Gasteiger partial charge >= 0.3 is 0 Å². The lowest BCUT2D eigenvalue weighted by molar-refractivity contribution is -0.255. The second-order valence-electron chi connectivity index (χ2n) is 7.66. The molecule has 0 aliphatic carbocycles. The summed E-state index contributed by atoms with van der Waals surface area (Å²) >= 11 is 1.21. The van der Waals surface area contributed by atoms with Crippen molar-refractivity contribution in [3.8, 4) is 22.8 Å². The van der Waals surface area contributed by atoms with Gasteiger partial charge in [0.1, 0.15) is 5.75 Å². The summed E-state index contributed by atoms with van der Waals surface area (Å²) in [5.41, 5.74) is 5.54. The molecular weight excluding hydrogens is 478 g/mol. The van der Waals surface area contributed by atoms with Gasteiger partial charge in [-0.1, -0.05) is 53.7 Å². The van der Waals surface area contributed by atoms with Gasteiger partial charge in [0.25, 0.3) is 5.91 Å². The average Bonchev–Trinajstić information content (AvgIpc) is 3.32. The summed E-state index contributed by atoms with van der Waals surface area (Å²) in [6.45, 7) is 2.01. The maximum atomic E-state index is 12.4. The van der Waals surface area contributed by atoms with Crippen molar-refractivity contribution in [3.05, 3.63) is 89.5 Å². The zero-order valence-electron chi connectivity index (χ0n) is 19.5. The Morgan fingerprint density at radius 2 is 1.78 bits per heavy atom. The number of carbonyl (C=O) groups is 2. The zero-order valence-corrected chi connectivity index (χ0v) is 20.4. The molecule has 0 unspecified atom stereocenters. The molecule has 0 bridgehead atoms. The fraction of sp³-hybridized carbons (Fsp3) is 0.115. The Kier molecular flexibility index (Phi) is 7.76. The normalized spacial score (nSPS) is 10.9. The van der Waals surface area contributed by atoms with Gasteiger partial charge in [-0.05, 0) is 43.3 Å². The predicted octanol–water partition coefficient (Wildman–Crippen LogP) is 2.86. The van der Waals surface area contributed by atoms with E-state index < -0.39 is 5.97 Å². The van der Waals surface area contributed by atoms with E-state index >= 15 is 0 Å². The van der Waals surface area contributed by atoms with Gasteiger partial charge < -0.3 is 14.6 Å². The van der Waals surface area contributed by atoms with Crippen LogP contribution in [-0.2, 0) is 4.79 Å². The molecule has 0 spiro atoms. The number of nitrogens with zero attached hydrogens (tertiary/aromatic N) is 4. The number of hydrazone groups is 1. The third-order valence-corrected chi connectivity index (χ3v) is 6.11. The van der Waals surface area contributed by atoms with Crippen LogP contribution in [0.15, 0.2) is 83.1 Å². The molecule has 3 aromatic carbocycles. The maximum Gasteiger partial charge on any atom is 0.250 e. The highest BCUT2D eigenvalue weighted by molar-refractivity contribution is 7.99. The lowest BCUT2D eigenvalue weighted by Crippen LogP contribution is -2.24. The minimum absolute atomic E-state index is 0.0119. The molecule has 0 saturated heterocycles. The van der Waals surface area contributed by atoms with Crippen molar-refractivity contribution >= 4 is 29.9 Å². The van der Waals surface area contributed by atoms with E-state index in [1.54, 1.807) is 25.3 Å². The molecule has 0 atom stereocenters. The van der Waals surface area contributed by atoms with Crippen LogP contribution in [0.1, 0.15) is 21.5 Å². The number of methoxy groups -OCH3 is 1. The minimum Gasteiger partial charge on any atom is -0.545 e. The zero-order chi connectivity index (χ0) is 25.5. The molecule has 36 heavy (non-hydrogen) atoms. The summed E-state index contributed by atoms with van der Waals surface area (Å²) < 4.78 is 7.13. The van der Waals surface area contributed by atoms with Gasteiger partial charge in [0, 0.05) is 22.4 Å². The summed E-state index contributed by atoms with van der Waals surface area (Å²) in [6.07, 6.45) is 1.27. The second-order valence-corrected chi connectivity index (χ2v) is 8.60. The van der Waals surface area contributed by atoms with Crippen LogP contribution in [0.2, 0.25) is 0 Å². The van der Waals surface area contributed by atoms with Crippen LogP contribution in [0.25, 0.3) is 17.1 Å². The van der Waals surface area contributed by atoms with Crippen molar-refractivity contribution in [3.63, 3.8) is 0 Å². The van der Waals surface area contributed by atoms with Gasteiger partial charge in [-0.25, -0.2) is 5.43 Å². The van der Waals surface area contributed by atoms with Gasteiger partial charge in [-0.3, -0.25) is 9.36 Å². The Bertz CT molecular complexity index is 1400. The van der Waals surface area contributed by atoms with Gasteiger partial charge in [0.2, 0.25) is 0 Å². The molecule has 182 valence electrons. The molecule has 0 aliphatic rings. The highest BCUT2D eigenvalue weighted by atomic mass is 32.2. The van der Waals surface area contributed by atoms with Gasteiger partial charge in [-0.15, -0.1) is 10.2 Å². The molecule has 10 heteroatoms. The molecule has 1 aromatic heterocycles. The van der Waals surface area contributed by atoms with Crippen molar-refractivity contribution in [1.82, 2.24) is 20.2 Å². The third kappa shape index (κ3) is 5.78. The average molecular weight is 501 g/mol. The maximum absolute atomic E-state index is 12.4. The first-order valence-corrected chi connectivity index (χ1v) is 11.9. The number of hydrogen-bond donors (Lipinski definition) is 1. The lowest BCUT2D eigenvalue weighted by Gasteiger charge is -2.11. The van der Waals surface area contributed by atoms with E-state index in [1.807, 2.05) is 60.0 Å². The highest BCUT2D eigenvalue weighted by Crippen LogP contribution is 2.29. The topological polar surface area (TPSA) is 122 Å². The smallest absolute Gasteiger partial charge is 0.250 e. The van der Waals surface area contributed by atoms with Crippen molar-refractivity contribution in [2.75, 3.05) is 12.9 Å². The van der Waals surface area contributed by atoms with E-state index in [1.165, 1.54) is 24.0 Å². The Hall–Kier alpha value is -4.44. The Balaban J connectivity index is 1.51. The molecule has 0 fully saturated rings. The standard InChI is InChI=1S/C26H23N5O4S/c1-17-7-11-20(12-8-17)31-24(18-9-13-21(35-2)14-10-18)29-30-26(31)36-16-23(32)28-27-15-19-5-3-4-6-22(19)25(33)34/h3-15H,16H2,1-2H3,(H,28,32)(H,33,34)/p-1. The summed E-state index contributed by atoms with van der Waals surface area (Å²) in [5, 5.41) is 24.3. The summed E-state index contributed by atoms with van der Waals surface area (Å²) in [7, 11) is 1.61. The Labute approximate surface area is 211 Å². The molecule has 0 saturated carbocycles. The highest BCUT2D eigenvalue weighted by Gasteiger charge is 2.17. The number of aryl methyl sites for hydroxylation is 1. The summed E-state index contributed by atoms with van der Waals surface area (Å²) in [4.78, 5) is 23.6. The second kappa shape index (κ2) is 11.3. The van der Waals surface area contributed by atoms with Gasteiger partial charge in [-0.2, -0.15) is 5.10 Å². The molecule has 1 N–H and O–H groups in total. The first kappa shape index (κ1) is 24.7. The van der Waals surface area contributed by atoms with Crippen LogP contribution in [0, 0.1) is 6.92 Å². The quantitative estimate of drug-likeness (QED) is 0.213. The van der Waals surface area contributed by atoms with E-state index in [0.717, 1.165) is 22.6 Å². The first-order chi connectivity index (χ1) is 17.5. The van der Waals surface area contributed by atoms with Crippen LogP contribution in [0.4, 0.5) is 0 Å². The molecular formula is C26H22N5O4S-. The molecule has 0 radical (unpaired) electrons. The number of amides is 1. The van der Waals surface area contributed by atoms with Crippen LogP contribution in [0.5, 0.6) is 5.75 Å². The number of hydrogen-bond acceptors (Lipinski definition) is 8. The number of ether oxygens (including phenoxy) is 1. The van der Waals surface area contributed by atoms with Gasteiger partial charge in [0.05, 0.1) is 25.0 Å². The molecule has 4 rings (SSSR count). The van der Waals surface area contributed by atoms with E-state index in [0.29, 0.717) is 16.5 Å². The van der Waals surface area contributed by atoms with Crippen LogP contribution >= 0.6 is 11.8 Å². The van der Waals surface area contributed by atoms with E-state index in [-0.39, 0.29) is 17.2 Å². The van der Waals surface area contributed by atoms with Crippen LogP contribution in [0.3, 0.4) is 0 Å². The number of nitrogens with one attached hydrogen (secondary N) is 1. The van der Waals surface area contributed by atoms with Crippen molar-refractivity contribution in [1.29, 1.82) is 0 Å². The fourth-order valence-corrected chi connectivity index (χ4v) is 4.09. The summed E-state index contributed by atoms with van der Waals surface area (Å²) in [5.74, 6) is -0.323. The number of benzene rings is 3. The van der Waals surface area contributed by atoms with Crippen LogP contribution < -0.4 is 15.3 Å². The molecule has 9 nitrogen and oxygen atoms in total. The number of aromatic carboxylic acids is 1. The van der Waals surface area contributed by atoms with Crippen LogP contribution in [-0.4, -0.2) is 45.7 Å². The number of carboxylic acid groups (broad SMARTS) is 1. The minimum atomic E-state index is -1.32. The first-order valence-electron chi connectivity index (χ1n) is 10.9. The van der Waals surface area contributed by atoms with E-state index in [9.17, 15) is 14.7 Å². The Morgan fingerprint density at radius 3 is 2.47 bits per heavy atom. The SMILES string of the molecule is COc1ccc(-c2nnc(SCC(=O)NN=Cc3ccccc3C(=O)[O-])n2-c2ccc(C)cc2)cc1. The van der Waals surface area contributed by atoms with Crippen molar-refractivity contribution in [2.45, 2.75) is 12.1 Å². The Morgan fingerprint density at radius 1 is 1.06 bits per heavy atom. The number of carboxylic acids is 1. The number of aromatic nitrogens is 3. The largest absolute Gasteiger partial charge is 0.545 e. The number of carbonyl (C=O) groups excluding carboxylic acids is 2. The molecule has 1 heterocycles. The molecule has 0 aliphatic heterocycles. The molecule has 4 aromatic rings. The number of rotatable bonds is 9. The lowest BCUT2D eigenvalue weighted by atomic mass is 10.1. The number of thioether (sulfide) groups is 1. The van der Waals surface area contributed by atoms with E-state index in [2.05, 4.69) is 20.7 Å². The van der Waals surface area contributed by atoms with Crippen molar-refractivity contribution < 1.29 is 19.4 Å².